The van der Waals surface area contributed by atoms with Crippen molar-refractivity contribution in [3.8, 4) is 0 Å². The van der Waals surface area contributed by atoms with Gasteiger partial charge in [-0.2, -0.15) is 0 Å². The van der Waals surface area contributed by atoms with Gasteiger partial charge in [0.25, 0.3) is 5.91 Å². The number of benzene rings is 2. The van der Waals surface area contributed by atoms with Gasteiger partial charge in [0.1, 0.15) is 0 Å². The molecule has 2 aromatic carbocycles. The number of hydrogen-bond donors (Lipinski definition) is 2. The molecule has 0 aliphatic rings. The number of carbonyl (C=O) groups excluding carboxylic acids is 1. The van der Waals surface area contributed by atoms with Crippen LogP contribution >= 0.6 is 0 Å². The molecule has 1 amide bonds. The van der Waals surface area contributed by atoms with Crippen LogP contribution in [0.4, 0.5) is 0 Å². The summed E-state index contributed by atoms with van der Waals surface area (Å²) in [7, 11) is 3.51. The molecule has 2 aromatic rings. The van der Waals surface area contributed by atoms with Gasteiger partial charge in [0.15, 0.2) is 5.96 Å². The quantitative estimate of drug-likeness (QED) is 0.576. The molecule has 5 nitrogen and oxygen atoms in total. The Labute approximate surface area is 175 Å². The highest BCUT2D eigenvalue weighted by Crippen LogP contribution is 2.22. The molecule has 156 valence electrons. The Balaban J connectivity index is 1.98. The number of carbonyl (C=O) groups is 1. The number of nitrogens with zero attached hydrogens (tertiary/aromatic N) is 2. The fourth-order valence-electron chi connectivity index (χ4n) is 2.83. The second-order valence-electron chi connectivity index (χ2n) is 8.39. The minimum Gasteiger partial charge on any atom is -0.357 e. The predicted molar refractivity (Wildman–Crippen MR) is 121 cm³/mol. The molecule has 0 bridgehead atoms. The summed E-state index contributed by atoms with van der Waals surface area (Å²) in [5, 5.41) is 6.67. The third-order valence-corrected chi connectivity index (χ3v) is 4.65. The van der Waals surface area contributed by atoms with E-state index in [0.717, 1.165) is 18.1 Å². The Bertz CT molecular complexity index is 815. The molecule has 0 radical (unpaired) electrons. The van der Waals surface area contributed by atoms with E-state index in [4.69, 9.17) is 0 Å². The largest absolute Gasteiger partial charge is 0.357 e. The van der Waals surface area contributed by atoms with Crippen molar-refractivity contribution in [2.24, 2.45) is 4.99 Å². The first-order chi connectivity index (χ1) is 13.7. The van der Waals surface area contributed by atoms with Gasteiger partial charge in [-0.05, 0) is 41.2 Å². The van der Waals surface area contributed by atoms with Crippen LogP contribution in [0.25, 0.3) is 0 Å². The summed E-state index contributed by atoms with van der Waals surface area (Å²) in [4.78, 5) is 18.2. The molecule has 0 aromatic heterocycles. The van der Waals surface area contributed by atoms with E-state index in [1.54, 1.807) is 19.0 Å². The van der Waals surface area contributed by atoms with E-state index < -0.39 is 0 Å². The maximum absolute atomic E-state index is 12.0. The lowest BCUT2D eigenvalue weighted by Crippen LogP contribution is -2.36. The zero-order valence-electron chi connectivity index (χ0n) is 18.5. The Morgan fingerprint density at radius 1 is 0.931 bits per heavy atom. The van der Waals surface area contributed by atoms with E-state index in [-0.39, 0.29) is 11.3 Å². The van der Waals surface area contributed by atoms with E-state index in [1.165, 1.54) is 11.1 Å². The first kappa shape index (κ1) is 22.5. The highest BCUT2D eigenvalue weighted by molar-refractivity contribution is 5.93. The molecule has 2 rings (SSSR count). The minimum atomic E-state index is 0.00698. The molecule has 0 heterocycles. The van der Waals surface area contributed by atoms with Gasteiger partial charge in [0, 0.05) is 32.7 Å². The van der Waals surface area contributed by atoms with Crippen LogP contribution in [0.15, 0.2) is 53.5 Å². The standard InChI is InChI=1S/C24H34N4O/c1-7-25-23(27-17-19-10-14-21(15-11-19)24(2,3)4)26-16-18-8-12-20(13-9-18)22(29)28(5)6/h8-15H,7,16-17H2,1-6H3,(H2,25,26,27). The topological polar surface area (TPSA) is 56.7 Å². The normalized spacial score (nSPS) is 11.9. The summed E-state index contributed by atoms with van der Waals surface area (Å²) in [5.74, 6) is 0.786. The Kier molecular flexibility index (Phi) is 7.82. The van der Waals surface area contributed by atoms with Crippen molar-refractivity contribution in [2.45, 2.75) is 46.2 Å². The third kappa shape index (κ3) is 6.93. The molecule has 0 aliphatic carbocycles. The van der Waals surface area contributed by atoms with Gasteiger partial charge in [-0.15, -0.1) is 0 Å². The van der Waals surface area contributed by atoms with Gasteiger partial charge in [0.05, 0.1) is 6.54 Å². The number of aliphatic imine (C=N–C) groups is 1. The Morgan fingerprint density at radius 3 is 2.03 bits per heavy atom. The average molecular weight is 395 g/mol. The van der Waals surface area contributed by atoms with E-state index in [0.29, 0.717) is 18.7 Å². The first-order valence-electron chi connectivity index (χ1n) is 10.1. The molecule has 5 heteroatoms. The van der Waals surface area contributed by atoms with E-state index in [1.807, 2.05) is 24.3 Å². The van der Waals surface area contributed by atoms with Crippen LogP contribution in [0.2, 0.25) is 0 Å². The summed E-state index contributed by atoms with van der Waals surface area (Å²) in [6, 6.07) is 16.3. The second kappa shape index (κ2) is 10.1. The summed E-state index contributed by atoms with van der Waals surface area (Å²) >= 11 is 0. The molecule has 0 unspecified atom stereocenters. The van der Waals surface area contributed by atoms with Gasteiger partial charge >= 0.3 is 0 Å². The Morgan fingerprint density at radius 2 is 1.52 bits per heavy atom. The number of rotatable bonds is 6. The van der Waals surface area contributed by atoms with Crippen LogP contribution in [0.1, 0.15) is 54.7 Å². The van der Waals surface area contributed by atoms with Gasteiger partial charge in [-0.3, -0.25) is 4.79 Å². The maximum Gasteiger partial charge on any atom is 0.253 e. The maximum atomic E-state index is 12.0. The van der Waals surface area contributed by atoms with Crippen LogP contribution in [-0.2, 0) is 18.5 Å². The molecule has 2 N–H and O–H groups in total. The monoisotopic (exact) mass is 394 g/mol. The summed E-state index contributed by atoms with van der Waals surface area (Å²) in [6.45, 7) is 10.8. The van der Waals surface area contributed by atoms with Crippen LogP contribution < -0.4 is 10.6 Å². The van der Waals surface area contributed by atoms with E-state index >= 15 is 0 Å². The van der Waals surface area contributed by atoms with Crippen LogP contribution in [-0.4, -0.2) is 37.4 Å². The SMILES string of the molecule is CCNC(=NCc1ccc(C(=O)N(C)C)cc1)NCc1ccc(C(C)(C)C)cc1. The molecular formula is C24H34N4O. The predicted octanol–water partition coefficient (Wildman–Crippen LogP) is 3.94. The number of amides is 1. The molecule has 0 saturated carbocycles. The van der Waals surface area contributed by atoms with Crippen LogP contribution in [0.5, 0.6) is 0 Å². The molecule has 0 fully saturated rings. The average Bonchev–Trinajstić information content (AvgIpc) is 2.69. The zero-order valence-corrected chi connectivity index (χ0v) is 18.5. The van der Waals surface area contributed by atoms with Crippen LogP contribution in [0, 0.1) is 0 Å². The van der Waals surface area contributed by atoms with Crippen LogP contribution in [0.3, 0.4) is 0 Å². The molecule has 0 spiro atoms. The summed E-state index contributed by atoms with van der Waals surface area (Å²) in [6.07, 6.45) is 0. The molecular weight excluding hydrogens is 360 g/mol. The van der Waals surface area contributed by atoms with E-state index in [2.05, 4.69) is 67.6 Å². The number of hydrogen-bond acceptors (Lipinski definition) is 2. The van der Waals surface area contributed by atoms with Gasteiger partial charge in [-0.25, -0.2) is 4.99 Å². The highest BCUT2D eigenvalue weighted by atomic mass is 16.2. The molecule has 0 aliphatic heterocycles. The minimum absolute atomic E-state index is 0.00698. The number of guanidine groups is 1. The van der Waals surface area contributed by atoms with Crippen molar-refractivity contribution in [2.75, 3.05) is 20.6 Å². The van der Waals surface area contributed by atoms with Gasteiger partial charge in [-0.1, -0.05) is 57.2 Å². The van der Waals surface area contributed by atoms with Gasteiger partial charge < -0.3 is 15.5 Å². The highest BCUT2D eigenvalue weighted by Gasteiger charge is 2.12. The fourth-order valence-corrected chi connectivity index (χ4v) is 2.83. The molecule has 29 heavy (non-hydrogen) atoms. The fraction of sp³-hybridized carbons (Fsp3) is 0.417. The molecule has 0 saturated heterocycles. The zero-order chi connectivity index (χ0) is 21.4. The van der Waals surface area contributed by atoms with Gasteiger partial charge in [0.2, 0.25) is 0 Å². The van der Waals surface area contributed by atoms with Crippen molar-refractivity contribution in [3.63, 3.8) is 0 Å². The smallest absolute Gasteiger partial charge is 0.253 e. The number of nitrogens with one attached hydrogen (secondary N) is 2. The second-order valence-corrected chi connectivity index (χ2v) is 8.39. The van der Waals surface area contributed by atoms with Crippen molar-refractivity contribution in [1.29, 1.82) is 0 Å². The Hall–Kier alpha value is -2.82. The van der Waals surface area contributed by atoms with Crippen molar-refractivity contribution >= 4 is 11.9 Å². The summed E-state index contributed by atoms with van der Waals surface area (Å²) in [5.41, 5.74) is 4.46. The lowest BCUT2D eigenvalue weighted by Gasteiger charge is -2.19. The molecule has 0 atom stereocenters. The van der Waals surface area contributed by atoms with Crippen molar-refractivity contribution in [1.82, 2.24) is 15.5 Å². The first-order valence-corrected chi connectivity index (χ1v) is 10.1. The lowest BCUT2D eigenvalue weighted by atomic mass is 9.87. The van der Waals surface area contributed by atoms with Crippen molar-refractivity contribution < 1.29 is 4.79 Å². The van der Waals surface area contributed by atoms with E-state index in [9.17, 15) is 4.79 Å². The summed E-state index contributed by atoms with van der Waals surface area (Å²) < 4.78 is 0. The lowest BCUT2D eigenvalue weighted by molar-refractivity contribution is 0.0827. The third-order valence-electron chi connectivity index (χ3n) is 4.65. The van der Waals surface area contributed by atoms with Crippen molar-refractivity contribution in [3.05, 3.63) is 70.8 Å².